The Balaban J connectivity index is 3.22. The SMILES string of the molecule is CCCCCCCC(=O)OCCOCCOCCOC(=O)CCCCCC. The summed E-state index contributed by atoms with van der Waals surface area (Å²) in [5.41, 5.74) is 0. The number of hydrogen-bond donors (Lipinski definition) is 0. The summed E-state index contributed by atoms with van der Waals surface area (Å²) in [6, 6.07) is 0. The van der Waals surface area contributed by atoms with Crippen LogP contribution in [0.25, 0.3) is 0 Å². The van der Waals surface area contributed by atoms with Gasteiger partial charge in [0.05, 0.1) is 26.4 Å². The van der Waals surface area contributed by atoms with Gasteiger partial charge in [0.25, 0.3) is 0 Å². The second-order valence-electron chi connectivity index (χ2n) is 6.64. The van der Waals surface area contributed by atoms with Crippen LogP contribution in [-0.4, -0.2) is 51.6 Å². The first-order chi connectivity index (χ1) is 13.2. The molecule has 160 valence electrons. The summed E-state index contributed by atoms with van der Waals surface area (Å²) in [6.45, 7) is 6.48. The first-order valence-electron chi connectivity index (χ1n) is 10.7. The molecule has 6 heteroatoms. The lowest BCUT2D eigenvalue weighted by Crippen LogP contribution is -2.15. The van der Waals surface area contributed by atoms with Crippen LogP contribution in [0.3, 0.4) is 0 Å². The minimum absolute atomic E-state index is 0.150. The molecular weight excluding hydrogens is 348 g/mol. The van der Waals surface area contributed by atoms with Crippen LogP contribution in [0.2, 0.25) is 0 Å². The van der Waals surface area contributed by atoms with Gasteiger partial charge in [-0.3, -0.25) is 9.59 Å². The Hall–Kier alpha value is -1.14. The predicted molar refractivity (Wildman–Crippen MR) is 106 cm³/mol. The minimum Gasteiger partial charge on any atom is -0.463 e. The Morgan fingerprint density at radius 1 is 0.519 bits per heavy atom. The molecule has 0 aromatic carbocycles. The molecule has 0 saturated heterocycles. The molecule has 0 unspecified atom stereocenters. The number of hydrogen-bond acceptors (Lipinski definition) is 6. The van der Waals surface area contributed by atoms with E-state index in [0.717, 1.165) is 38.5 Å². The molecule has 0 saturated carbocycles. The van der Waals surface area contributed by atoms with Gasteiger partial charge in [-0.25, -0.2) is 0 Å². The molecule has 0 spiro atoms. The molecule has 0 N–H and O–H groups in total. The maximum Gasteiger partial charge on any atom is 0.305 e. The second-order valence-corrected chi connectivity index (χ2v) is 6.64. The van der Waals surface area contributed by atoms with Gasteiger partial charge in [0.2, 0.25) is 0 Å². The van der Waals surface area contributed by atoms with E-state index in [1.54, 1.807) is 0 Å². The molecule has 0 atom stereocenters. The van der Waals surface area contributed by atoms with Crippen molar-refractivity contribution in [2.45, 2.75) is 84.5 Å². The molecule has 0 aromatic heterocycles. The number of ether oxygens (including phenoxy) is 4. The van der Waals surface area contributed by atoms with Gasteiger partial charge in [0, 0.05) is 12.8 Å². The zero-order chi connectivity index (χ0) is 20.0. The molecule has 0 aliphatic carbocycles. The smallest absolute Gasteiger partial charge is 0.305 e. The third-order valence-corrected chi connectivity index (χ3v) is 4.07. The molecule has 0 aliphatic rings. The molecule has 0 aromatic rings. The predicted octanol–water partition coefficient (Wildman–Crippen LogP) is 4.44. The van der Waals surface area contributed by atoms with Crippen molar-refractivity contribution < 1.29 is 28.5 Å². The summed E-state index contributed by atoms with van der Waals surface area (Å²) in [4.78, 5) is 22.9. The lowest BCUT2D eigenvalue weighted by atomic mass is 10.1. The Bertz CT molecular complexity index is 346. The maximum absolute atomic E-state index is 11.5. The fourth-order valence-corrected chi connectivity index (χ4v) is 2.46. The van der Waals surface area contributed by atoms with E-state index in [4.69, 9.17) is 18.9 Å². The van der Waals surface area contributed by atoms with Gasteiger partial charge in [0.15, 0.2) is 0 Å². The molecular formula is C21H40O6. The van der Waals surface area contributed by atoms with Gasteiger partial charge in [-0.05, 0) is 12.8 Å². The third kappa shape index (κ3) is 21.0. The Morgan fingerprint density at radius 3 is 1.33 bits per heavy atom. The quantitative estimate of drug-likeness (QED) is 0.227. The molecule has 0 rings (SSSR count). The maximum atomic E-state index is 11.5. The number of carbonyl (C=O) groups excluding carboxylic acids is 2. The highest BCUT2D eigenvalue weighted by atomic mass is 16.6. The average molecular weight is 389 g/mol. The fourth-order valence-electron chi connectivity index (χ4n) is 2.46. The Labute approximate surface area is 165 Å². The molecule has 27 heavy (non-hydrogen) atoms. The van der Waals surface area contributed by atoms with Crippen molar-refractivity contribution in [3.05, 3.63) is 0 Å². The fraction of sp³-hybridized carbons (Fsp3) is 0.905. The summed E-state index contributed by atoms with van der Waals surface area (Å²) >= 11 is 0. The van der Waals surface area contributed by atoms with Gasteiger partial charge in [0.1, 0.15) is 13.2 Å². The van der Waals surface area contributed by atoms with Gasteiger partial charge in [-0.2, -0.15) is 0 Å². The zero-order valence-corrected chi connectivity index (χ0v) is 17.5. The topological polar surface area (TPSA) is 71.1 Å². The number of rotatable bonds is 20. The van der Waals surface area contributed by atoms with Crippen LogP contribution in [0, 0.1) is 0 Å². The Morgan fingerprint density at radius 2 is 0.889 bits per heavy atom. The van der Waals surface area contributed by atoms with E-state index < -0.39 is 0 Å². The molecule has 0 amide bonds. The molecule has 0 bridgehead atoms. The van der Waals surface area contributed by atoms with E-state index in [9.17, 15) is 9.59 Å². The molecule has 0 fully saturated rings. The minimum atomic E-state index is -0.155. The highest BCUT2D eigenvalue weighted by molar-refractivity contribution is 5.69. The molecule has 0 heterocycles. The first-order valence-corrected chi connectivity index (χ1v) is 10.7. The third-order valence-electron chi connectivity index (χ3n) is 4.07. The van der Waals surface area contributed by atoms with Gasteiger partial charge in [-0.15, -0.1) is 0 Å². The van der Waals surface area contributed by atoms with Crippen LogP contribution in [0.1, 0.15) is 84.5 Å². The van der Waals surface area contributed by atoms with Gasteiger partial charge >= 0.3 is 11.9 Å². The van der Waals surface area contributed by atoms with E-state index >= 15 is 0 Å². The van der Waals surface area contributed by atoms with Crippen LogP contribution < -0.4 is 0 Å². The van der Waals surface area contributed by atoms with E-state index in [-0.39, 0.29) is 25.2 Å². The van der Waals surface area contributed by atoms with Crippen molar-refractivity contribution in [3.63, 3.8) is 0 Å². The second kappa shape index (κ2) is 21.2. The molecule has 6 nitrogen and oxygen atoms in total. The van der Waals surface area contributed by atoms with Crippen molar-refractivity contribution in [2.24, 2.45) is 0 Å². The highest BCUT2D eigenvalue weighted by Gasteiger charge is 2.03. The molecule has 0 radical (unpaired) electrons. The van der Waals surface area contributed by atoms with Crippen molar-refractivity contribution in [2.75, 3.05) is 39.6 Å². The molecule has 0 aliphatic heterocycles. The summed E-state index contributed by atoms with van der Waals surface area (Å²) in [5, 5.41) is 0. The van der Waals surface area contributed by atoms with Crippen LogP contribution in [-0.2, 0) is 28.5 Å². The summed E-state index contributed by atoms with van der Waals surface area (Å²) in [7, 11) is 0. The lowest BCUT2D eigenvalue weighted by molar-refractivity contribution is -0.147. The van der Waals surface area contributed by atoms with Crippen LogP contribution in [0.4, 0.5) is 0 Å². The Kier molecular flexibility index (Phi) is 20.3. The van der Waals surface area contributed by atoms with Crippen molar-refractivity contribution >= 4 is 11.9 Å². The standard InChI is InChI=1S/C21H40O6/c1-3-5-7-9-11-13-21(23)27-19-17-25-15-14-24-16-18-26-20(22)12-10-8-6-4-2/h3-19H2,1-2H3. The number of carbonyl (C=O) groups is 2. The van der Waals surface area contributed by atoms with Crippen molar-refractivity contribution in [1.82, 2.24) is 0 Å². The van der Waals surface area contributed by atoms with Gasteiger partial charge < -0.3 is 18.9 Å². The normalized spacial score (nSPS) is 10.7. The van der Waals surface area contributed by atoms with Crippen molar-refractivity contribution in [1.29, 1.82) is 0 Å². The average Bonchev–Trinajstić information content (AvgIpc) is 2.66. The summed E-state index contributed by atoms with van der Waals surface area (Å²) in [6.07, 6.45) is 10.9. The van der Waals surface area contributed by atoms with E-state index in [2.05, 4.69) is 13.8 Å². The van der Waals surface area contributed by atoms with Crippen LogP contribution in [0.5, 0.6) is 0 Å². The van der Waals surface area contributed by atoms with Gasteiger partial charge in [-0.1, -0.05) is 58.8 Å². The van der Waals surface area contributed by atoms with E-state index in [1.807, 2.05) is 0 Å². The highest BCUT2D eigenvalue weighted by Crippen LogP contribution is 2.05. The lowest BCUT2D eigenvalue weighted by Gasteiger charge is -2.08. The first kappa shape index (κ1) is 25.9. The zero-order valence-electron chi connectivity index (χ0n) is 17.5. The van der Waals surface area contributed by atoms with E-state index in [0.29, 0.717) is 39.3 Å². The number of unbranched alkanes of at least 4 members (excludes halogenated alkanes) is 7. The number of esters is 2. The van der Waals surface area contributed by atoms with E-state index in [1.165, 1.54) is 19.3 Å². The van der Waals surface area contributed by atoms with Crippen LogP contribution in [0.15, 0.2) is 0 Å². The summed E-state index contributed by atoms with van der Waals surface area (Å²) in [5.74, 6) is -0.305. The van der Waals surface area contributed by atoms with Crippen molar-refractivity contribution in [3.8, 4) is 0 Å². The largest absolute Gasteiger partial charge is 0.463 e. The van der Waals surface area contributed by atoms with Crippen LogP contribution >= 0.6 is 0 Å². The summed E-state index contributed by atoms with van der Waals surface area (Å²) < 4.78 is 20.9. The monoisotopic (exact) mass is 388 g/mol.